The van der Waals surface area contributed by atoms with E-state index < -0.39 is 0 Å². The molecule has 0 heterocycles. The second kappa shape index (κ2) is 13.4. The first-order valence-electron chi connectivity index (χ1n) is 11.8. The van der Waals surface area contributed by atoms with Crippen molar-refractivity contribution in [3.63, 3.8) is 0 Å². The van der Waals surface area contributed by atoms with E-state index in [1.54, 1.807) is 7.11 Å². The van der Waals surface area contributed by atoms with Crippen LogP contribution < -0.4 is 9.47 Å². The van der Waals surface area contributed by atoms with Gasteiger partial charge in [0.25, 0.3) is 0 Å². The fourth-order valence-corrected chi connectivity index (χ4v) is 3.40. The molecule has 3 aromatic rings. The lowest BCUT2D eigenvalue weighted by molar-refractivity contribution is -0.110. The van der Waals surface area contributed by atoms with Gasteiger partial charge in [-0.1, -0.05) is 101 Å². The van der Waals surface area contributed by atoms with Crippen molar-refractivity contribution < 1.29 is 14.3 Å². The van der Waals surface area contributed by atoms with Crippen molar-refractivity contribution >= 4 is 12.4 Å². The van der Waals surface area contributed by atoms with E-state index in [4.69, 9.17) is 9.47 Å². The molecule has 0 N–H and O–H groups in total. The minimum atomic E-state index is 0.116. The molecule has 180 valence electrons. The quantitative estimate of drug-likeness (QED) is 0.325. The molecule has 1 unspecified atom stereocenters. The molecule has 0 radical (unpaired) electrons. The van der Waals surface area contributed by atoms with Crippen LogP contribution in [0.25, 0.3) is 6.08 Å². The molecule has 34 heavy (non-hydrogen) atoms. The topological polar surface area (TPSA) is 35.5 Å². The Hall–Kier alpha value is -3.33. The van der Waals surface area contributed by atoms with Gasteiger partial charge >= 0.3 is 0 Å². The van der Waals surface area contributed by atoms with Gasteiger partial charge in [0.15, 0.2) is 11.5 Å². The highest BCUT2D eigenvalue weighted by molar-refractivity contribution is 5.55. The first-order chi connectivity index (χ1) is 16.3. The van der Waals surface area contributed by atoms with E-state index >= 15 is 0 Å². The van der Waals surface area contributed by atoms with Crippen LogP contribution in [0.1, 0.15) is 56.9 Å². The SMILES string of the molecule is CC(C=O)Cc1ccc(C(C)(C)C)cc1.CC=Cc1ccc(OCc2ccccc2)c(OC)c1. The average Bonchev–Trinajstić information content (AvgIpc) is 2.84. The number of rotatable bonds is 8. The first kappa shape index (κ1) is 26.9. The Morgan fingerprint density at radius 3 is 2.12 bits per heavy atom. The Balaban J connectivity index is 0.000000248. The number of allylic oxidation sites excluding steroid dienone is 1. The maximum atomic E-state index is 10.5. The molecule has 3 nitrogen and oxygen atoms in total. The van der Waals surface area contributed by atoms with Crippen LogP contribution in [0, 0.1) is 5.92 Å². The predicted octanol–water partition coefficient (Wildman–Crippen LogP) is 7.67. The number of aldehydes is 1. The maximum Gasteiger partial charge on any atom is 0.161 e. The summed E-state index contributed by atoms with van der Waals surface area (Å²) in [5.41, 5.74) is 5.02. The number of hydrogen-bond acceptors (Lipinski definition) is 3. The van der Waals surface area contributed by atoms with Crippen molar-refractivity contribution in [3.8, 4) is 11.5 Å². The lowest BCUT2D eigenvalue weighted by atomic mass is 9.86. The van der Waals surface area contributed by atoms with Gasteiger partial charge in [-0.2, -0.15) is 0 Å². The van der Waals surface area contributed by atoms with Gasteiger partial charge in [0, 0.05) is 5.92 Å². The summed E-state index contributed by atoms with van der Waals surface area (Å²) >= 11 is 0. The Bertz CT molecular complexity index is 1030. The fourth-order valence-electron chi connectivity index (χ4n) is 3.40. The summed E-state index contributed by atoms with van der Waals surface area (Å²) in [7, 11) is 1.66. The smallest absolute Gasteiger partial charge is 0.161 e. The molecule has 0 aromatic heterocycles. The number of ether oxygens (including phenoxy) is 2. The zero-order valence-corrected chi connectivity index (χ0v) is 21.4. The average molecular weight is 459 g/mol. The number of carbonyl (C=O) groups is 1. The molecule has 1 atom stereocenters. The van der Waals surface area contributed by atoms with E-state index in [-0.39, 0.29) is 11.3 Å². The predicted molar refractivity (Wildman–Crippen MR) is 143 cm³/mol. The molecule has 3 heteroatoms. The van der Waals surface area contributed by atoms with Crippen molar-refractivity contribution in [2.75, 3.05) is 7.11 Å². The molecule has 3 aromatic carbocycles. The molecule has 0 saturated heterocycles. The molecule has 3 rings (SSSR count). The number of benzene rings is 3. The van der Waals surface area contributed by atoms with Crippen molar-refractivity contribution in [3.05, 3.63) is 101 Å². The van der Waals surface area contributed by atoms with Gasteiger partial charge in [0.1, 0.15) is 12.9 Å². The third-order valence-electron chi connectivity index (χ3n) is 5.39. The molecular weight excluding hydrogens is 420 g/mol. The summed E-state index contributed by atoms with van der Waals surface area (Å²) in [5.74, 6) is 1.64. The standard InChI is InChI=1S/C17H18O2.C14H20O/c1-3-7-14-10-11-16(17(12-14)18-2)19-13-15-8-5-4-6-9-15;1-11(10-15)9-12-5-7-13(8-6-12)14(2,3)4/h3-12H,13H2,1-2H3;5-8,10-11H,9H2,1-4H3. The number of carbonyl (C=O) groups excluding carboxylic acids is 1. The highest BCUT2D eigenvalue weighted by Crippen LogP contribution is 2.29. The van der Waals surface area contributed by atoms with Gasteiger partial charge < -0.3 is 14.3 Å². The summed E-state index contributed by atoms with van der Waals surface area (Å²) in [6.45, 7) is 11.1. The monoisotopic (exact) mass is 458 g/mol. The van der Waals surface area contributed by atoms with E-state index in [1.165, 1.54) is 11.1 Å². The van der Waals surface area contributed by atoms with Gasteiger partial charge in [0.05, 0.1) is 7.11 Å². The molecule has 0 spiro atoms. The zero-order valence-electron chi connectivity index (χ0n) is 21.4. The maximum absolute atomic E-state index is 10.5. The van der Waals surface area contributed by atoms with E-state index in [2.05, 4.69) is 45.0 Å². The van der Waals surface area contributed by atoms with Crippen LogP contribution in [-0.4, -0.2) is 13.4 Å². The van der Waals surface area contributed by atoms with Crippen LogP contribution in [0.15, 0.2) is 78.9 Å². The van der Waals surface area contributed by atoms with Crippen molar-refractivity contribution in [1.29, 1.82) is 0 Å². The molecular formula is C31H38O3. The van der Waals surface area contributed by atoms with Crippen LogP contribution in [0.5, 0.6) is 11.5 Å². The molecule has 0 saturated carbocycles. The summed E-state index contributed by atoms with van der Waals surface area (Å²) in [6, 6.07) is 24.6. The summed E-state index contributed by atoms with van der Waals surface area (Å²) < 4.78 is 11.2. The largest absolute Gasteiger partial charge is 0.493 e. The molecule has 0 amide bonds. The second-order valence-corrected chi connectivity index (χ2v) is 9.45. The Labute approximate surface area is 205 Å². The first-order valence-corrected chi connectivity index (χ1v) is 11.8. The minimum Gasteiger partial charge on any atom is -0.493 e. The lowest BCUT2D eigenvalue weighted by Gasteiger charge is -2.19. The van der Waals surface area contributed by atoms with Crippen LogP contribution >= 0.6 is 0 Å². The fraction of sp³-hybridized carbons (Fsp3) is 0.323. The third-order valence-corrected chi connectivity index (χ3v) is 5.39. The van der Waals surface area contributed by atoms with Crippen molar-refractivity contribution in [2.24, 2.45) is 5.92 Å². The van der Waals surface area contributed by atoms with Gasteiger partial charge in [-0.05, 0) is 53.1 Å². The van der Waals surface area contributed by atoms with Crippen LogP contribution in [0.2, 0.25) is 0 Å². The van der Waals surface area contributed by atoms with Crippen LogP contribution in [-0.2, 0) is 23.2 Å². The van der Waals surface area contributed by atoms with Gasteiger partial charge in [-0.3, -0.25) is 0 Å². The van der Waals surface area contributed by atoms with Crippen LogP contribution in [0.3, 0.4) is 0 Å². The van der Waals surface area contributed by atoms with E-state index in [1.807, 2.05) is 74.5 Å². The Morgan fingerprint density at radius 1 is 0.882 bits per heavy atom. The number of hydrogen-bond donors (Lipinski definition) is 0. The van der Waals surface area contributed by atoms with E-state index in [9.17, 15) is 4.79 Å². The van der Waals surface area contributed by atoms with Crippen molar-refractivity contribution in [1.82, 2.24) is 0 Å². The molecule has 0 aliphatic heterocycles. The van der Waals surface area contributed by atoms with Crippen molar-refractivity contribution in [2.45, 2.75) is 53.1 Å². The summed E-state index contributed by atoms with van der Waals surface area (Å²) in [6.07, 6.45) is 5.88. The molecule has 0 aliphatic carbocycles. The van der Waals surface area contributed by atoms with E-state index in [0.717, 1.165) is 35.3 Å². The molecule has 0 aliphatic rings. The van der Waals surface area contributed by atoms with Crippen LogP contribution in [0.4, 0.5) is 0 Å². The number of methoxy groups -OCH3 is 1. The Morgan fingerprint density at radius 2 is 1.56 bits per heavy atom. The van der Waals surface area contributed by atoms with E-state index in [0.29, 0.717) is 6.61 Å². The summed E-state index contributed by atoms with van der Waals surface area (Å²) in [5, 5.41) is 0. The minimum absolute atomic E-state index is 0.116. The Kier molecular flexibility index (Phi) is 10.6. The normalized spacial score (nSPS) is 11.9. The summed E-state index contributed by atoms with van der Waals surface area (Å²) in [4.78, 5) is 10.5. The van der Waals surface area contributed by atoms with Gasteiger partial charge in [-0.25, -0.2) is 0 Å². The highest BCUT2D eigenvalue weighted by Gasteiger charge is 2.13. The third kappa shape index (κ3) is 8.90. The van der Waals surface area contributed by atoms with Gasteiger partial charge in [0.2, 0.25) is 0 Å². The molecule has 0 fully saturated rings. The highest BCUT2D eigenvalue weighted by atomic mass is 16.5. The van der Waals surface area contributed by atoms with Gasteiger partial charge in [-0.15, -0.1) is 0 Å². The molecule has 0 bridgehead atoms. The second-order valence-electron chi connectivity index (χ2n) is 9.45. The zero-order chi connectivity index (χ0) is 25.0. The lowest BCUT2D eigenvalue weighted by Crippen LogP contribution is -2.11.